The van der Waals surface area contributed by atoms with Gasteiger partial charge in [0.15, 0.2) is 0 Å². The molecule has 2 aliphatic heterocycles. The summed E-state index contributed by atoms with van der Waals surface area (Å²) in [6.45, 7) is 43.0. The Labute approximate surface area is 639 Å². The fourth-order valence-corrected chi connectivity index (χ4v) is 14.6. The zero-order chi connectivity index (χ0) is 73.7. The van der Waals surface area contributed by atoms with Crippen molar-refractivity contribution >= 4 is 68.2 Å². The Bertz CT molecular complexity index is 4930. The Balaban J connectivity index is 0.000000195. The molecule has 0 aromatic heterocycles. The topological polar surface area (TPSA) is 68.7 Å². The fraction of sp³-hybridized carbons (Fsp3) is 0.229. The minimum absolute atomic E-state index is 0. The van der Waals surface area contributed by atoms with Crippen molar-refractivity contribution in [3.8, 4) is 56.0 Å². The van der Waals surface area contributed by atoms with Crippen LogP contribution in [-0.2, 0) is 42.7 Å². The largest absolute Gasteiger partial charge is 2.00 e. The van der Waals surface area contributed by atoms with Gasteiger partial charge in [-0.05, 0) is 273 Å². The van der Waals surface area contributed by atoms with Gasteiger partial charge < -0.3 is 40.0 Å². The third kappa shape index (κ3) is 15.6. The number of nitrogens with one attached hydrogen (secondary N) is 1. The zero-order valence-corrected chi connectivity index (χ0v) is 66.3. The van der Waals surface area contributed by atoms with E-state index in [0.29, 0.717) is 0 Å². The summed E-state index contributed by atoms with van der Waals surface area (Å²) in [5.41, 5.74) is 31.5. The van der Waals surface area contributed by atoms with Gasteiger partial charge in [-0.2, -0.15) is 6.67 Å². The van der Waals surface area contributed by atoms with Gasteiger partial charge in [0.05, 0.1) is 11.4 Å². The number of hydrogen-bond donors (Lipinski definition) is 3. The summed E-state index contributed by atoms with van der Waals surface area (Å²) in [6, 6.07) is 90.4. The van der Waals surface area contributed by atoms with Crippen LogP contribution >= 0.6 is 0 Å². The summed E-state index contributed by atoms with van der Waals surface area (Å²) < 4.78 is 0. The molecule has 0 bridgehead atoms. The Morgan fingerprint density at radius 2 is 0.648 bits per heavy atom. The van der Waals surface area contributed by atoms with Gasteiger partial charge in [-0.1, -0.05) is 217 Å². The number of aromatic hydroxyl groups is 2. The molecule has 14 rings (SSSR count). The van der Waals surface area contributed by atoms with Crippen LogP contribution in [0, 0.1) is 41.0 Å². The Hall–Kier alpha value is -10.3. The van der Waals surface area contributed by atoms with Crippen LogP contribution in [0.15, 0.2) is 255 Å². The molecule has 0 spiro atoms. The number of nitrogens with zero attached hydrogens (tertiary/aromatic N) is 5. The molecule has 0 saturated carbocycles. The number of phenolic OH excluding ortho intramolecular Hbond substituents is 2. The van der Waals surface area contributed by atoms with Gasteiger partial charge in [-0.3, -0.25) is 0 Å². The normalized spacial score (nSPS) is 12.8. The molecule has 105 heavy (non-hydrogen) atoms. The number of phenols is 2. The minimum atomic E-state index is 0. The molecule has 12 aromatic rings. The second-order valence-corrected chi connectivity index (χ2v) is 32.3. The SMILES string of the molecule is CCN1[CH-]N(c2ccc(-c3c(C)cc(N(c4ccccc4)c4ccccc4)cc3C)cc2O)c2ccc(-c3cc(C(C)(C)C)cc(C(C)(C)C)c3)cc21.Cc1cc(N(c2ccccc2)c2ccccc2)cc(C)c1-c1ccc(N2[CH-]Nc3cc(-c4cc(C(C)(C)C)cc(C(C)(C)C)c4)ccc32)c(O)c1.[Pt+2]. The maximum absolute atomic E-state index is 11.7. The van der Waals surface area contributed by atoms with Crippen molar-refractivity contribution in [2.24, 2.45) is 0 Å². The van der Waals surface area contributed by atoms with E-state index in [1.54, 1.807) is 0 Å². The summed E-state index contributed by atoms with van der Waals surface area (Å²) in [5, 5.41) is 26.7. The van der Waals surface area contributed by atoms with Crippen molar-refractivity contribution in [3.63, 3.8) is 0 Å². The first-order chi connectivity index (χ1) is 49.5. The Morgan fingerprint density at radius 1 is 0.324 bits per heavy atom. The standard InChI is InChI=1S/C49H52N3O.C47H48N3O.Pt/c1-10-50-32-51(43-23-21-35(29-45(43)50)37-27-38(48(4,5)6)31-39(28-37)49(7,8)9)44-24-22-36(30-46(44)53)47-33(2)25-42(26-34(47)3)52(40-17-13-11-14-18-40)41-19-15-12-16-20-41;1-31-23-40(50(38-15-11-9-12-16-38)39-17-13-10-14-18-39)24-32(2)45(31)34-20-22-43(44(51)28-34)49-30-48-41-27-33(19-21-42(41)49)35-25-36(46(3,4)5)29-37(26-35)47(6,7)8;/h11-32,53H,10H2,1-9H3;9-30,48,51H,1-8H3;/q2*-1;+2. The van der Waals surface area contributed by atoms with Crippen LogP contribution in [0.1, 0.15) is 135 Å². The van der Waals surface area contributed by atoms with Crippen LogP contribution in [-0.4, -0.2) is 16.8 Å². The summed E-state index contributed by atoms with van der Waals surface area (Å²) in [7, 11) is 0. The van der Waals surface area contributed by atoms with Crippen molar-refractivity contribution < 1.29 is 31.3 Å². The maximum atomic E-state index is 11.7. The van der Waals surface area contributed by atoms with E-state index >= 15 is 0 Å². The molecule has 2 heterocycles. The van der Waals surface area contributed by atoms with Crippen LogP contribution < -0.4 is 29.8 Å². The van der Waals surface area contributed by atoms with Crippen molar-refractivity contribution in [2.75, 3.05) is 36.4 Å². The molecule has 0 atom stereocenters. The summed E-state index contributed by atoms with van der Waals surface area (Å²) in [4.78, 5) is 11.0. The fourth-order valence-electron chi connectivity index (χ4n) is 14.6. The first-order valence-electron chi connectivity index (χ1n) is 36.6. The molecule has 8 nitrogen and oxygen atoms in total. The van der Waals surface area contributed by atoms with Crippen LogP contribution in [0.5, 0.6) is 11.5 Å². The van der Waals surface area contributed by atoms with Crippen molar-refractivity contribution in [3.05, 3.63) is 313 Å². The first-order valence-corrected chi connectivity index (χ1v) is 36.6. The molecule has 0 fully saturated rings. The smallest absolute Gasteiger partial charge is 0.514 e. The van der Waals surface area contributed by atoms with Crippen molar-refractivity contribution in [1.29, 1.82) is 0 Å². The number of fused-ring (bicyclic) bond motifs is 2. The zero-order valence-electron chi connectivity index (χ0n) is 64.1. The molecular weight excluding hydrogens is 1460 g/mol. The van der Waals surface area contributed by atoms with Gasteiger partial charge in [0.1, 0.15) is 11.5 Å². The molecule has 0 saturated heterocycles. The summed E-state index contributed by atoms with van der Waals surface area (Å²) in [5.74, 6) is 0.478. The predicted molar refractivity (Wildman–Crippen MR) is 443 cm³/mol. The monoisotopic (exact) mass is 1560 g/mol. The van der Waals surface area contributed by atoms with E-state index in [-0.39, 0.29) is 54.2 Å². The van der Waals surface area contributed by atoms with Crippen molar-refractivity contribution in [2.45, 2.75) is 139 Å². The average Bonchev–Trinajstić information content (AvgIpc) is 1.71. The summed E-state index contributed by atoms with van der Waals surface area (Å²) in [6.07, 6.45) is 0. The first kappa shape index (κ1) is 74.4. The third-order valence-corrected chi connectivity index (χ3v) is 20.4. The van der Waals surface area contributed by atoms with Crippen LogP contribution in [0.3, 0.4) is 0 Å². The number of para-hydroxylation sites is 4. The van der Waals surface area contributed by atoms with E-state index in [1.165, 1.54) is 44.5 Å². The molecule has 0 amide bonds. The Morgan fingerprint density at radius 3 is 0.990 bits per heavy atom. The third-order valence-electron chi connectivity index (χ3n) is 20.4. The molecule has 2 aliphatic rings. The molecule has 0 radical (unpaired) electrons. The van der Waals surface area contributed by atoms with E-state index in [0.717, 1.165) is 119 Å². The van der Waals surface area contributed by atoms with Crippen LogP contribution in [0.4, 0.5) is 68.2 Å². The van der Waals surface area contributed by atoms with Gasteiger partial charge in [0.25, 0.3) is 0 Å². The molecule has 3 N–H and O–H groups in total. The molecular formula is C96H100N6O2Pt. The quantitative estimate of drug-likeness (QED) is 0.0987. The predicted octanol–water partition coefficient (Wildman–Crippen LogP) is 26.6. The number of aryl methyl sites for hydroxylation is 4. The molecule has 12 aromatic carbocycles. The number of hydrogen-bond acceptors (Lipinski definition) is 8. The molecule has 0 unspecified atom stereocenters. The van der Waals surface area contributed by atoms with Crippen LogP contribution in [0.25, 0.3) is 44.5 Å². The van der Waals surface area contributed by atoms with Gasteiger partial charge >= 0.3 is 21.1 Å². The van der Waals surface area contributed by atoms with Gasteiger partial charge in [-0.25, -0.2) is 0 Å². The van der Waals surface area contributed by atoms with E-state index in [9.17, 15) is 10.2 Å². The number of benzene rings is 12. The number of rotatable bonds is 13. The van der Waals surface area contributed by atoms with Crippen molar-refractivity contribution in [1.82, 2.24) is 0 Å². The molecule has 0 aliphatic carbocycles. The second kappa shape index (κ2) is 29.7. The average molecular weight is 1560 g/mol. The van der Waals surface area contributed by atoms with Gasteiger partial charge in [0, 0.05) is 56.9 Å². The molecule has 9 heteroatoms. The van der Waals surface area contributed by atoms with Gasteiger partial charge in [0.2, 0.25) is 0 Å². The number of anilines is 12. The Kier molecular flexibility index (Phi) is 21.1. The second-order valence-electron chi connectivity index (χ2n) is 32.3. The van der Waals surface area contributed by atoms with E-state index < -0.39 is 0 Å². The van der Waals surface area contributed by atoms with E-state index in [1.807, 2.05) is 60.1 Å². The minimum Gasteiger partial charge on any atom is -0.514 e. The van der Waals surface area contributed by atoms with E-state index in [2.05, 4.69) is 356 Å². The van der Waals surface area contributed by atoms with E-state index in [4.69, 9.17) is 0 Å². The van der Waals surface area contributed by atoms with Crippen LogP contribution in [0.2, 0.25) is 0 Å². The molecule has 536 valence electrons. The maximum Gasteiger partial charge on any atom is 2.00 e. The van der Waals surface area contributed by atoms with Gasteiger partial charge in [-0.15, -0.1) is 6.67 Å². The summed E-state index contributed by atoms with van der Waals surface area (Å²) >= 11 is 0.